The van der Waals surface area contributed by atoms with E-state index in [1.54, 1.807) is 13.0 Å². The van der Waals surface area contributed by atoms with Crippen LogP contribution in [0.15, 0.2) is 27.6 Å². The van der Waals surface area contributed by atoms with Crippen LogP contribution in [-0.4, -0.2) is 48.8 Å². The minimum Gasteiger partial charge on any atom is -0.461 e. The normalized spacial score (nSPS) is 17.0. The molecule has 0 spiro atoms. The van der Waals surface area contributed by atoms with Crippen molar-refractivity contribution >= 4 is 56.6 Å². The molecule has 1 fully saturated rings. The standard InChI is InChI=1S/C18H21BrN2O4S/c1-5-11(2)25-16(22)10-21-17(23)15(26-18(21)24)9-12-6-7-14(20(3)4)13(19)8-12/h6-9,11H,5,10H2,1-4H3/b15-9-/t11-/m0/s1. The fourth-order valence-corrected chi connectivity index (χ4v) is 3.83. The average molecular weight is 441 g/mol. The molecule has 1 heterocycles. The molecule has 0 unspecified atom stereocenters. The van der Waals surface area contributed by atoms with E-state index in [0.717, 1.165) is 32.4 Å². The molecule has 0 aliphatic carbocycles. The highest BCUT2D eigenvalue weighted by molar-refractivity contribution is 9.10. The van der Waals surface area contributed by atoms with Gasteiger partial charge < -0.3 is 9.64 Å². The summed E-state index contributed by atoms with van der Waals surface area (Å²) < 4.78 is 6.02. The second kappa shape index (κ2) is 8.73. The molecule has 0 bridgehead atoms. The van der Waals surface area contributed by atoms with E-state index in [1.165, 1.54) is 0 Å². The molecule has 2 rings (SSSR count). The van der Waals surface area contributed by atoms with Gasteiger partial charge in [-0.25, -0.2) is 0 Å². The Morgan fingerprint density at radius 3 is 2.65 bits per heavy atom. The molecule has 6 nitrogen and oxygen atoms in total. The maximum Gasteiger partial charge on any atom is 0.326 e. The highest BCUT2D eigenvalue weighted by Gasteiger charge is 2.36. The van der Waals surface area contributed by atoms with Crippen molar-refractivity contribution < 1.29 is 19.1 Å². The van der Waals surface area contributed by atoms with Crippen LogP contribution in [0.2, 0.25) is 0 Å². The van der Waals surface area contributed by atoms with E-state index < -0.39 is 17.1 Å². The Balaban J connectivity index is 2.14. The number of hydrogen-bond acceptors (Lipinski definition) is 6. The maximum atomic E-state index is 12.5. The van der Waals surface area contributed by atoms with E-state index in [1.807, 2.05) is 44.1 Å². The Kier molecular flexibility index (Phi) is 6.88. The third-order valence-electron chi connectivity index (χ3n) is 3.82. The lowest BCUT2D eigenvalue weighted by molar-refractivity contribution is -0.150. The molecule has 1 atom stereocenters. The zero-order chi connectivity index (χ0) is 19.4. The van der Waals surface area contributed by atoms with E-state index in [0.29, 0.717) is 6.42 Å². The maximum absolute atomic E-state index is 12.5. The smallest absolute Gasteiger partial charge is 0.326 e. The summed E-state index contributed by atoms with van der Waals surface area (Å²) in [6, 6.07) is 5.66. The van der Waals surface area contributed by atoms with E-state index >= 15 is 0 Å². The molecule has 1 aliphatic heterocycles. The van der Waals surface area contributed by atoms with Crippen molar-refractivity contribution in [2.24, 2.45) is 0 Å². The molecule has 0 radical (unpaired) electrons. The van der Waals surface area contributed by atoms with E-state index in [4.69, 9.17) is 4.74 Å². The topological polar surface area (TPSA) is 66.9 Å². The van der Waals surface area contributed by atoms with Crippen LogP contribution in [0, 0.1) is 0 Å². The van der Waals surface area contributed by atoms with Crippen molar-refractivity contribution in [3.63, 3.8) is 0 Å². The van der Waals surface area contributed by atoms with Crippen molar-refractivity contribution in [2.45, 2.75) is 26.4 Å². The number of carbonyl (C=O) groups excluding carboxylic acids is 3. The highest BCUT2D eigenvalue weighted by Crippen LogP contribution is 2.33. The van der Waals surface area contributed by atoms with Gasteiger partial charge in [0.1, 0.15) is 6.54 Å². The molecule has 1 aromatic rings. The van der Waals surface area contributed by atoms with E-state index in [9.17, 15) is 14.4 Å². The number of amides is 2. The monoisotopic (exact) mass is 440 g/mol. The predicted octanol–water partition coefficient (Wildman–Crippen LogP) is 3.89. The molecule has 8 heteroatoms. The highest BCUT2D eigenvalue weighted by atomic mass is 79.9. The van der Waals surface area contributed by atoms with Crippen LogP contribution in [-0.2, 0) is 14.3 Å². The number of hydrogen-bond donors (Lipinski definition) is 0. The second-order valence-corrected chi connectivity index (χ2v) is 7.93. The molecular formula is C18H21BrN2O4S. The van der Waals surface area contributed by atoms with Crippen molar-refractivity contribution in [1.29, 1.82) is 0 Å². The number of imide groups is 1. The number of rotatable bonds is 6. The second-order valence-electron chi connectivity index (χ2n) is 6.08. The van der Waals surface area contributed by atoms with Crippen molar-refractivity contribution in [2.75, 3.05) is 25.5 Å². The SMILES string of the molecule is CC[C@H](C)OC(=O)CN1C(=O)S/C(=C\c2ccc(N(C)C)c(Br)c2)C1=O. The summed E-state index contributed by atoms with van der Waals surface area (Å²) in [5.74, 6) is -1.06. The molecule has 1 aromatic carbocycles. The molecule has 2 amide bonds. The zero-order valence-corrected chi connectivity index (χ0v) is 17.5. The first kappa shape index (κ1) is 20.5. The Bertz CT molecular complexity index is 764. The summed E-state index contributed by atoms with van der Waals surface area (Å²) in [6.45, 7) is 3.29. The predicted molar refractivity (Wildman–Crippen MR) is 107 cm³/mol. The van der Waals surface area contributed by atoms with Crippen molar-refractivity contribution in [3.8, 4) is 0 Å². The average Bonchev–Trinajstić information content (AvgIpc) is 2.82. The Labute approximate surface area is 165 Å². The van der Waals surface area contributed by atoms with Gasteiger partial charge in [-0.1, -0.05) is 13.0 Å². The van der Waals surface area contributed by atoms with Gasteiger partial charge in [0.15, 0.2) is 0 Å². The summed E-state index contributed by atoms with van der Waals surface area (Å²) in [7, 11) is 3.87. The first-order valence-electron chi connectivity index (χ1n) is 8.14. The number of anilines is 1. The van der Waals surface area contributed by atoms with Gasteiger partial charge in [-0.2, -0.15) is 0 Å². The number of esters is 1. The Morgan fingerprint density at radius 2 is 2.08 bits per heavy atom. The quantitative estimate of drug-likeness (QED) is 0.493. The number of nitrogens with zero attached hydrogens (tertiary/aromatic N) is 2. The number of ether oxygens (including phenoxy) is 1. The summed E-state index contributed by atoms with van der Waals surface area (Å²) >= 11 is 4.32. The van der Waals surface area contributed by atoms with Gasteiger partial charge in [0.2, 0.25) is 0 Å². The molecule has 0 aromatic heterocycles. The summed E-state index contributed by atoms with van der Waals surface area (Å²) in [5.41, 5.74) is 1.79. The van der Waals surface area contributed by atoms with E-state index in [2.05, 4.69) is 15.9 Å². The largest absolute Gasteiger partial charge is 0.461 e. The summed E-state index contributed by atoms with van der Waals surface area (Å²) in [6.07, 6.45) is 2.08. The molecule has 0 N–H and O–H groups in total. The minimum absolute atomic E-state index is 0.245. The first-order valence-corrected chi connectivity index (χ1v) is 9.75. The van der Waals surface area contributed by atoms with Crippen LogP contribution < -0.4 is 4.90 Å². The summed E-state index contributed by atoms with van der Waals surface area (Å²) in [4.78, 5) is 39.6. The van der Waals surface area contributed by atoms with Crippen LogP contribution in [0.5, 0.6) is 0 Å². The van der Waals surface area contributed by atoms with Crippen molar-refractivity contribution in [3.05, 3.63) is 33.1 Å². The number of benzene rings is 1. The third kappa shape index (κ3) is 4.88. The molecule has 140 valence electrons. The van der Waals surface area contributed by atoms with Gasteiger partial charge in [0, 0.05) is 18.6 Å². The van der Waals surface area contributed by atoms with Gasteiger partial charge in [-0.3, -0.25) is 19.3 Å². The van der Waals surface area contributed by atoms with Crippen LogP contribution in [0.1, 0.15) is 25.8 Å². The van der Waals surface area contributed by atoms with Gasteiger partial charge >= 0.3 is 5.97 Å². The van der Waals surface area contributed by atoms with Crippen LogP contribution in [0.25, 0.3) is 6.08 Å². The van der Waals surface area contributed by atoms with Crippen molar-refractivity contribution in [1.82, 2.24) is 4.90 Å². The molecule has 1 aliphatic rings. The fourth-order valence-electron chi connectivity index (χ4n) is 2.24. The molecular weight excluding hydrogens is 420 g/mol. The lowest BCUT2D eigenvalue weighted by atomic mass is 10.2. The first-order chi connectivity index (χ1) is 12.2. The van der Waals surface area contributed by atoms with E-state index in [-0.39, 0.29) is 17.6 Å². The van der Waals surface area contributed by atoms with Gasteiger partial charge in [0.25, 0.3) is 11.1 Å². The van der Waals surface area contributed by atoms with Crippen LogP contribution in [0.3, 0.4) is 0 Å². The lowest BCUT2D eigenvalue weighted by Gasteiger charge is -2.15. The number of thioether (sulfide) groups is 1. The fraction of sp³-hybridized carbons (Fsp3) is 0.389. The number of carbonyl (C=O) groups is 3. The minimum atomic E-state index is -0.582. The summed E-state index contributed by atoms with van der Waals surface area (Å²) in [5, 5.41) is -0.466. The van der Waals surface area contributed by atoms with Crippen LogP contribution >= 0.6 is 27.7 Å². The number of halogens is 1. The van der Waals surface area contributed by atoms with Gasteiger partial charge in [-0.15, -0.1) is 0 Å². The lowest BCUT2D eigenvalue weighted by Crippen LogP contribution is -2.35. The van der Waals surface area contributed by atoms with Gasteiger partial charge in [0.05, 0.1) is 16.7 Å². The Morgan fingerprint density at radius 1 is 1.38 bits per heavy atom. The van der Waals surface area contributed by atoms with Gasteiger partial charge in [-0.05, 0) is 64.8 Å². The Hall–Kier alpha value is -1.80. The molecule has 26 heavy (non-hydrogen) atoms. The molecule has 0 saturated carbocycles. The zero-order valence-electron chi connectivity index (χ0n) is 15.1. The third-order valence-corrected chi connectivity index (χ3v) is 5.36. The molecule has 1 saturated heterocycles. The van der Waals surface area contributed by atoms with Crippen LogP contribution in [0.4, 0.5) is 10.5 Å².